The monoisotopic (exact) mass is 623 g/mol. The predicted octanol–water partition coefficient (Wildman–Crippen LogP) is 5.18. The van der Waals surface area contributed by atoms with Gasteiger partial charge in [0.15, 0.2) is 11.8 Å². The molecule has 2 saturated heterocycles. The number of likely N-dealkylation sites (tertiary alicyclic amines) is 1. The van der Waals surface area contributed by atoms with Gasteiger partial charge in [0.1, 0.15) is 0 Å². The lowest BCUT2D eigenvalue weighted by Gasteiger charge is -2.37. The fraction of sp³-hybridized carbons (Fsp3) is 0.484. The highest BCUT2D eigenvalue weighted by Crippen LogP contribution is 2.37. The van der Waals surface area contributed by atoms with Crippen molar-refractivity contribution in [2.75, 3.05) is 52.4 Å². The van der Waals surface area contributed by atoms with Crippen molar-refractivity contribution in [3.8, 4) is 0 Å². The first-order valence-corrected chi connectivity index (χ1v) is 14.8. The van der Waals surface area contributed by atoms with Crippen molar-refractivity contribution in [3.05, 3.63) is 70.9 Å². The quantitative estimate of drug-likeness (QED) is 0.196. The third-order valence-electron chi connectivity index (χ3n) is 8.35. The molecule has 2 aromatic carbocycles. The van der Waals surface area contributed by atoms with Gasteiger partial charge in [0.05, 0.1) is 11.1 Å². The van der Waals surface area contributed by atoms with Crippen LogP contribution in [0.2, 0.25) is 0 Å². The Balaban J connectivity index is 1.53. The number of nitrogens with zero attached hydrogens (tertiary/aromatic N) is 3. The SMILES string of the molecule is O=C(c1cc(C(F)(F)F)cc(C(F)(F)F)c1)C(C(=O)N(CCN1CCCCC1)Cc1c[nH]c2ccccc12)N1CCNCC1. The van der Waals surface area contributed by atoms with E-state index in [9.17, 15) is 35.9 Å². The van der Waals surface area contributed by atoms with E-state index >= 15 is 0 Å². The van der Waals surface area contributed by atoms with Gasteiger partial charge in [0.2, 0.25) is 5.91 Å². The fourth-order valence-electron chi connectivity index (χ4n) is 5.98. The lowest BCUT2D eigenvalue weighted by Crippen LogP contribution is -2.58. The second kappa shape index (κ2) is 13.3. The van der Waals surface area contributed by atoms with Gasteiger partial charge in [0.25, 0.3) is 0 Å². The second-order valence-corrected chi connectivity index (χ2v) is 11.4. The maximum absolute atomic E-state index is 14.4. The molecular weight excluding hydrogens is 588 g/mol. The zero-order chi connectivity index (χ0) is 31.5. The van der Waals surface area contributed by atoms with E-state index < -0.39 is 46.8 Å². The molecule has 3 aromatic rings. The largest absolute Gasteiger partial charge is 0.416 e. The molecule has 0 radical (unpaired) electrons. The third-order valence-corrected chi connectivity index (χ3v) is 8.35. The highest BCUT2D eigenvalue weighted by atomic mass is 19.4. The lowest BCUT2D eigenvalue weighted by molar-refractivity contribution is -0.143. The number of aromatic amines is 1. The Bertz CT molecular complexity index is 1430. The number of hydrogen-bond donors (Lipinski definition) is 2. The number of benzene rings is 2. The molecule has 2 aliphatic rings. The Morgan fingerprint density at radius 3 is 2.14 bits per heavy atom. The Morgan fingerprint density at radius 1 is 0.864 bits per heavy atom. The summed E-state index contributed by atoms with van der Waals surface area (Å²) in [5, 5.41) is 3.99. The van der Waals surface area contributed by atoms with Gasteiger partial charge in [-0.1, -0.05) is 24.6 Å². The van der Waals surface area contributed by atoms with Gasteiger partial charge >= 0.3 is 12.4 Å². The highest BCUT2D eigenvalue weighted by molar-refractivity contribution is 6.13. The summed E-state index contributed by atoms with van der Waals surface area (Å²) in [6.45, 7) is 3.86. The summed E-state index contributed by atoms with van der Waals surface area (Å²) in [4.78, 5) is 36.9. The molecule has 1 amide bonds. The number of hydrogen-bond acceptors (Lipinski definition) is 5. The Kier molecular flexibility index (Phi) is 9.66. The molecular formula is C31H35F6N5O2. The summed E-state index contributed by atoms with van der Waals surface area (Å²) in [6, 6.07) is 6.74. The zero-order valence-corrected chi connectivity index (χ0v) is 24.1. The average molecular weight is 624 g/mol. The summed E-state index contributed by atoms with van der Waals surface area (Å²) in [5.41, 5.74) is -2.35. The number of fused-ring (bicyclic) bond motifs is 1. The van der Waals surface area contributed by atoms with Crippen molar-refractivity contribution >= 4 is 22.6 Å². The number of amides is 1. The number of nitrogens with one attached hydrogen (secondary N) is 2. The van der Waals surface area contributed by atoms with Gasteiger partial charge < -0.3 is 20.1 Å². The van der Waals surface area contributed by atoms with E-state index in [1.807, 2.05) is 24.3 Å². The number of ketones is 1. The van der Waals surface area contributed by atoms with Crippen LogP contribution in [0.1, 0.15) is 46.3 Å². The molecule has 0 spiro atoms. The van der Waals surface area contributed by atoms with Crippen molar-refractivity contribution in [1.29, 1.82) is 0 Å². The van der Waals surface area contributed by atoms with Crippen LogP contribution in [0.3, 0.4) is 0 Å². The predicted molar refractivity (Wildman–Crippen MR) is 153 cm³/mol. The van der Waals surface area contributed by atoms with E-state index in [0.29, 0.717) is 31.8 Å². The molecule has 0 aliphatic carbocycles. The van der Waals surface area contributed by atoms with E-state index in [-0.39, 0.29) is 32.2 Å². The highest BCUT2D eigenvalue weighted by Gasteiger charge is 2.41. The van der Waals surface area contributed by atoms with Gasteiger partial charge in [-0.3, -0.25) is 14.5 Å². The number of piperazine rings is 1. The number of halogens is 6. The summed E-state index contributed by atoms with van der Waals surface area (Å²) >= 11 is 0. The summed E-state index contributed by atoms with van der Waals surface area (Å²) in [6.07, 6.45) is -5.31. The van der Waals surface area contributed by atoms with Crippen LogP contribution in [0, 0.1) is 0 Å². The lowest BCUT2D eigenvalue weighted by atomic mass is 9.96. The number of rotatable bonds is 9. The molecule has 1 unspecified atom stereocenters. The van der Waals surface area contributed by atoms with Gasteiger partial charge in [-0.05, 0) is 55.8 Å². The number of carbonyl (C=O) groups excluding carboxylic acids is 2. The third kappa shape index (κ3) is 7.44. The molecule has 238 valence electrons. The van der Waals surface area contributed by atoms with Crippen LogP contribution in [-0.4, -0.2) is 89.8 Å². The molecule has 2 N–H and O–H groups in total. The summed E-state index contributed by atoms with van der Waals surface area (Å²) < 4.78 is 82.1. The van der Waals surface area contributed by atoms with E-state index in [1.165, 1.54) is 4.90 Å². The van der Waals surface area contributed by atoms with E-state index in [2.05, 4.69) is 15.2 Å². The molecule has 2 fully saturated rings. The molecule has 0 bridgehead atoms. The van der Waals surface area contributed by atoms with E-state index in [0.717, 1.165) is 48.8 Å². The van der Waals surface area contributed by atoms with E-state index in [1.54, 1.807) is 11.1 Å². The second-order valence-electron chi connectivity index (χ2n) is 11.4. The van der Waals surface area contributed by atoms with Crippen LogP contribution in [0.15, 0.2) is 48.7 Å². The Labute approximate surface area is 251 Å². The molecule has 7 nitrogen and oxygen atoms in total. The molecule has 44 heavy (non-hydrogen) atoms. The molecule has 13 heteroatoms. The van der Waals surface area contributed by atoms with Crippen LogP contribution in [0.5, 0.6) is 0 Å². The van der Waals surface area contributed by atoms with Gasteiger partial charge in [-0.25, -0.2) is 0 Å². The topological polar surface area (TPSA) is 71.7 Å². The van der Waals surface area contributed by atoms with Crippen LogP contribution < -0.4 is 5.32 Å². The number of carbonyl (C=O) groups is 2. The summed E-state index contributed by atoms with van der Waals surface area (Å²) in [5.74, 6) is -1.74. The van der Waals surface area contributed by atoms with Gasteiger partial charge in [-0.15, -0.1) is 0 Å². The van der Waals surface area contributed by atoms with Crippen LogP contribution in [-0.2, 0) is 23.7 Å². The summed E-state index contributed by atoms with van der Waals surface area (Å²) in [7, 11) is 0. The molecule has 3 heterocycles. The first-order chi connectivity index (χ1) is 20.9. The van der Waals surface area contributed by atoms with Crippen molar-refractivity contribution in [1.82, 2.24) is 25.0 Å². The molecule has 2 aliphatic heterocycles. The van der Waals surface area contributed by atoms with Crippen molar-refractivity contribution in [2.45, 2.75) is 44.2 Å². The van der Waals surface area contributed by atoms with Crippen LogP contribution in [0.4, 0.5) is 26.3 Å². The Morgan fingerprint density at radius 2 is 1.50 bits per heavy atom. The maximum Gasteiger partial charge on any atom is 0.416 e. The average Bonchev–Trinajstić information content (AvgIpc) is 3.42. The minimum atomic E-state index is -5.12. The minimum absolute atomic E-state index is 0.0135. The minimum Gasteiger partial charge on any atom is -0.361 e. The Hall–Kier alpha value is -3.42. The number of Topliss-reactive ketones (excluding diaryl/α,β-unsaturated/α-hetero) is 1. The normalized spacial score (nSPS) is 18.0. The smallest absolute Gasteiger partial charge is 0.361 e. The zero-order valence-electron chi connectivity index (χ0n) is 24.1. The van der Waals surface area contributed by atoms with Crippen molar-refractivity contribution < 1.29 is 35.9 Å². The molecule has 1 aromatic heterocycles. The maximum atomic E-state index is 14.4. The fourth-order valence-corrected chi connectivity index (χ4v) is 5.98. The van der Waals surface area contributed by atoms with Gasteiger partial charge in [0, 0.05) is 68.5 Å². The van der Waals surface area contributed by atoms with E-state index in [4.69, 9.17) is 0 Å². The molecule has 0 saturated carbocycles. The van der Waals surface area contributed by atoms with Crippen LogP contribution >= 0.6 is 0 Å². The molecule has 1 atom stereocenters. The van der Waals surface area contributed by atoms with Gasteiger partial charge in [-0.2, -0.15) is 26.3 Å². The standard InChI is InChI=1S/C31H35F6N5O2/c32-30(33,34)23-16-21(17-24(18-23)31(35,36)37)28(43)27(41-12-8-38-9-13-41)29(44)42(15-14-40-10-4-1-5-11-40)20-22-19-39-26-7-3-2-6-25(22)26/h2-3,6-7,16-19,27,38-39H,1,4-5,8-15,20H2. The number of piperidine rings is 1. The van der Waals surface area contributed by atoms with Crippen molar-refractivity contribution in [3.63, 3.8) is 0 Å². The number of para-hydroxylation sites is 1. The number of alkyl halides is 6. The number of H-pyrrole nitrogens is 1. The first-order valence-electron chi connectivity index (χ1n) is 14.8. The van der Waals surface area contributed by atoms with Crippen LogP contribution in [0.25, 0.3) is 10.9 Å². The number of aromatic nitrogens is 1. The first kappa shape index (κ1) is 32.0. The molecule has 5 rings (SSSR count). The van der Waals surface area contributed by atoms with Crippen molar-refractivity contribution in [2.24, 2.45) is 0 Å².